The number of ether oxygens (including phenoxy) is 1. The molecule has 1 saturated heterocycles. The van der Waals surface area contributed by atoms with Crippen molar-refractivity contribution in [3.8, 4) is 0 Å². The van der Waals surface area contributed by atoms with Gasteiger partial charge >= 0.3 is 11.9 Å². The van der Waals surface area contributed by atoms with Crippen LogP contribution in [0.2, 0.25) is 0 Å². The third kappa shape index (κ3) is 3.54. The highest BCUT2D eigenvalue weighted by Crippen LogP contribution is 2.30. The maximum atomic E-state index is 13.4. The number of quaternary nitrogens is 1. The molecule has 0 radical (unpaired) electrons. The Morgan fingerprint density at radius 2 is 1.79 bits per heavy atom. The molecule has 1 unspecified atom stereocenters. The number of carbonyl (C=O) groups excluding carboxylic acids is 3. The highest BCUT2D eigenvalue weighted by Gasteiger charge is 2.62. The first-order valence-electron chi connectivity index (χ1n) is 9.32. The third-order valence-corrected chi connectivity index (χ3v) is 5.48. The molecule has 3 atom stereocenters. The van der Waals surface area contributed by atoms with Crippen LogP contribution in [0.15, 0.2) is 0 Å². The fraction of sp³-hybridized carbons (Fsp3) is 0.833. The molecule has 0 aromatic rings. The summed E-state index contributed by atoms with van der Waals surface area (Å²) in [5.74, 6) is -1.04. The Labute approximate surface area is 144 Å². The number of ketones is 1. The second-order valence-corrected chi connectivity index (χ2v) is 7.16. The van der Waals surface area contributed by atoms with Gasteiger partial charge in [0, 0.05) is 18.8 Å². The Hall–Kier alpha value is -1.27. The SMILES string of the molecule is CCOC(=O)[C@@]1(C(=O)C2CCCCCC2)CCC[NH+]1C(=O)[C@H](C)N. The molecule has 0 bridgehead atoms. The molecule has 1 saturated carbocycles. The predicted octanol–water partition coefficient (Wildman–Crippen LogP) is 0.380. The van der Waals surface area contributed by atoms with Gasteiger partial charge in [-0.1, -0.05) is 25.7 Å². The van der Waals surface area contributed by atoms with E-state index in [1.807, 2.05) is 0 Å². The van der Waals surface area contributed by atoms with E-state index < -0.39 is 17.6 Å². The van der Waals surface area contributed by atoms with Crippen molar-refractivity contribution < 1.29 is 24.0 Å². The molecule has 0 aromatic carbocycles. The number of hydrogen-bond donors (Lipinski definition) is 2. The summed E-state index contributed by atoms with van der Waals surface area (Å²) in [6.07, 6.45) is 6.92. The average Bonchev–Trinajstić information content (AvgIpc) is 2.82. The Morgan fingerprint density at radius 1 is 1.17 bits per heavy atom. The van der Waals surface area contributed by atoms with Crippen molar-refractivity contribution >= 4 is 17.7 Å². The summed E-state index contributed by atoms with van der Waals surface area (Å²) >= 11 is 0. The number of hydrogen-bond acceptors (Lipinski definition) is 5. The maximum absolute atomic E-state index is 13.4. The Morgan fingerprint density at radius 3 is 2.33 bits per heavy atom. The minimum absolute atomic E-state index is 0.0932. The van der Waals surface area contributed by atoms with Gasteiger partial charge in [-0.2, -0.15) is 0 Å². The van der Waals surface area contributed by atoms with E-state index in [9.17, 15) is 14.4 Å². The zero-order valence-electron chi connectivity index (χ0n) is 14.9. The average molecular weight is 339 g/mol. The summed E-state index contributed by atoms with van der Waals surface area (Å²) < 4.78 is 5.26. The molecule has 1 amide bonds. The van der Waals surface area contributed by atoms with Gasteiger partial charge < -0.3 is 10.5 Å². The van der Waals surface area contributed by atoms with E-state index in [2.05, 4.69) is 0 Å². The van der Waals surface area contributed by atoms with E-state index in [1.165, 1.54) is 0 Å². The topological polar surface area (TPSA) is 90.9 Å². The van der Waals surface area contributed by atoms with Crippen molar-refractivity contribution in [2.45, 2.75) is 76.8 Å². The summed E-state index contributed by atoms with van der Waals surface area (Å²) in [6, 6.07) is -0.700. The molecule has 6 heteroatoms. The number of esters is 1. The number of nitrogens with two attached hydrogens (primary N) is 1. The summed E-state index contributed by atoms with van der Waals surface area (Å²) in [4.78, 5) is 39.2. The highest BCUT2D eigenvalue weighted by molar-refractivity contribution is 6.09. The van der Waals surface area contributed by atoms with Crippen LogP contribution in [0.4, 0.5) is 0 Å². The molecule has 3 N–H and O–H groups in total. The van der Waals surface area contributed by atoms with E-state index >= 15 is 0 Å². The lowest BCUT2D eigenvalue weighted by molar-refractivity contribution is -0.842. The van der Waals surface area contributed by atoms with Crippen LogP contribution in [-0.2, 0) is 19.1 Å². The molecule has 136 valence electrons. The normalized spacial score (nSPS) is 29.7. The van der Waals surface area contributed by atoms with E-state index in [0.29, 0.717) is 24.3 Å². The van der Waals surface area contributed by atoms with Crippen LogP contribution >= 0.6 is 0 Å². The second-order valence-electron chi connectivity index (χ2n) is 7.16. The smallest absolute Gasteiger partial charge is 0.376 e. The number of likely N-dealkylation sites (tertiary alicyclic amines) is 1. The molecule has 0 spiro atoms. The van der Waals surface area contributed by atoms with Crippen LogP contribution in [0, 0.1) is 5.92 Å². The first-order chi connectivity index (χ1) is 11.4. The third-order valence-electron chi connectivity index (χ3n) is 5.48. The van der Waals surface area contributed by atoms with Gasteiger partial charge in [0.2, 0.25) is 5.78 Å². The molecule has 0 aromatic heterocycles. The van der Waals surface area contributed by atoms with Crippen molar-refractivity contribution in [2.24, 2.45) is 11.7 Å². The standard InChI is InChI=1S/C18H30N2O4/c1-3-24-17(23)18(11-8-12-20(18)16(22)13(2)19)15(21)14-9-6-4-5-7-10-14/h13-14H,3-12,19H2,1-2H3/p+1/t13-,18-/m0/s1. The molecular formula is C18H31N2O4+. The van der Waals surface area contributed by atoms with Crippen molar-refractivity contribution in [1.29, 1.82) is 0 Å². The molecule has 1 aliphatic carbocycles. The monoisotopic (exact) mass is 339 g/mol. The molecule has 1 aliphatic heterocycles. The second kappa shape index (κ2) is 8.21. The van der Waals surface area contributed by atoms with Crippen molar-refractivity contribution in [1.82, 2.24) is 0 Å². The fourth-order valence-corrected chi connectivity index (χ4v) is 4.25. The first kappa shape index (κ1) is 19.1. The van der Waals surface area contributed by atoms with E-state index in [0.717, 1.165) is 38.5 Å². The lowest BCUT2D eigenvalue weighted by Gasteiger charge is -2.33. The van der Waals surface area contributed by atoms with Gasteiger partial charge in [0.15, 0.2) is 0 Å². The van der Waals surface area contributed by atoms with Gasteiger partial charge in [-0.15, -0.1) is 0 Å². The maximum Gasteiger partial charge on any atom is 0.376 e. The zero-order valence-corrected chi connectivity index (χ0v) is 14.9. The molecular weight excluding hydrogens is 308 g/mol. The van der Waals surface area contributed by atoms with Gasteiger partial charge in [0.05, 0.1) is 13.2 Å². The number of Topliss-reactive ketones (excluding diaryl/α,β-unsaturated/α-hetero) is 1. The van der Waals surface area contributed by atoms with Gasteiger partial charge in [0.25, 0.3) is 5.54 Å². The van der Waals surface area contributed by atoms with Crippen LogP contribution in [0.25, 0.3) is 0 Å². The predicted molar refractivity (Wildman–Crippen MR) is 89.3 cm³/mol. The Balaban J connectivity index is 2.37. The Kier molecular flexibility index (Phi) is 6.52. The van der Waals surface area contributed by atoms with Gasteiger partial charge in [0.1, 0.15) is 6.04 Å². The lowest BCUT2D eigenvalue weighted by Crippen LogP contribution is -3.24. The van der Waals surface area contributed by atoms with Crippen LogP contribution < -0.4 is 10.6 Å². The summed E-state index contributed by atoms with van der Waals surface area (Å²) in [5.41, 5.74) is 4.40. The molecule has 24 heavy (non-hydrogen) atoms. The number of carbonyl (C=O) groups is 3. The largest absolute Gasteiger partial charge is 0.461 e. The fourth-order valence-electron chi connectivity index (χ4n) is 4.25. The van der Waals surface area contributed by atoms with Crippen LogP contribution in [0.3, 0.4) is 0 Å². The zero-order chi connectivity index (χ0) is 17.7. The Bertz CT molecular complexity index is 483. The van der Waals surface area contributed by atoms with Gasteiger partial charge in [-0.05, 0) is 26.7 Å². The van der Waals surface area contributed by atoms with E-state index in [4.69, 9.17) is 10.5 Å². The van der Waals surface area contributed by atoms with Crippen LogP contribution in [-0.4, -0.2) is 42.4 Å². The van der Waals surface area contributed by atoms with Crippen molar-refractivity contribution in [2.75, 3.05) is 13.2 Å². The molecule has 2 aliphatic rings. The highest BCUT2D eigenvalue weighted by atomic mass is 16.5. The number of amides is 1. The summed E-state index contributed by atoms with van der Waals surface area (Å²) in [7, 11) is 0. The van der Waals surface area contributed by atoms with E-state index in [1.54, 1.807) is 13.8 Å². The van der Waals surface area contributed by atoms with Gasteiger partial charge in [-0.3, -0.25) is 9.69 Å². The molecule has 2 rings (SSSR count). The summed E-state index contributed by atoms with van der Waals surface area (Å²) in [5, 5.41) is 0. The summed E-state index contributed by atoms with van der Waals surface area (Å²) in [6.45, 7) is 4.01. The first-order valence-corrected chi connectivity index (χ1v) is 9.32. The minimum atomic E-state index is -1.38. The van der Waals surface area contributed by atoms with Crippen molar-refractivity contribution in [3.05, 3.63) is 0 Å². The van der Waals surface area contributed by atoms with Crippen LogP contribution in [0.1, 0.15) is 65.2 Å². The molecule has 1 heterocycles. The number of rotatable bonds is 5. The molecule has 6 nitrogen and oxygen atoms in total. The number of nitrogens with one attached hydrogen (secondary N) is 1. The van der Waals surface area contributed by atoms with Crippen molar-refractivity contribution in [3.63, 3.8) is 0 Å². The van der Waals surface area contributed by atoms with Gasteiger partial charge in [-0.25, -0.2) is 9.59 Å². The quantitative estimate of drug-likeness (QED) is 0.429. The van der Waals surface area contributed by atoms with E-state index in [-0.39, 0.29) is 24.2 Å². The van der Waals surface area contributed by atoms with Crippen LogP contribution in [0.5, 0.6) is 0 Å². The minimum Gasteiger partial charge on any atom is -0.461 e. The molecule has 2 fully saturated rings. The lowest BCUT2D eigenvalue weighted by atomic mass is 9.80.